The number of ether oxygens (including phenoxy) is 2. The Balaban J connectivity index is -0.000000239. The molecule has 0 fully saturated rings. The minimum Gasteiger partial charge on any atom is -0.478 e. The molecule has 0 saturated heterocycles. The Morgan fingerprint density at radius 3 is 1.57 bits per heavy atom. The molecule has 2 N–H and O–H groups in total. The summed E-state index contributed by atoms with van der Waals surface area (Å²) in [6.07, 6.45) is 3.91. The van der Waals surface area contributed by atoms with Crippen molar-refractivity contribution in [2.75, 3.05) is 19.8 Å². The highest BCUT2D eigenvalue weighted by Crippen LogP contribution is 1.81. The SMILES string of the molecule is C=CC(=O)O.C=CC(=O)OCCC.C=CC(=O)OCCO. The molecule has 0 aromatic rings. The van der Waals surface area contributed by atoms with E-state index >= 15 is 0 Å². The molecule has 0 unspecified atom stereocenters. The number of esters is 2. The van der Waals surface area contributed by atoms with E-state index < -0.39 is 11.9 Å². The number of rotatable bonds is 7. The van der Waals surface area contributed by atoms with Crippen LogP contribution in [0.15, 0.2) is 38.0 Å². The summed E-state index contributed by atoms with van der Waals surface area (Å²) in [4.78, 5) is 29.6. The summed E-state index contributed by atoms with van der Waals surface area (Å²) in [5.41, 5.74) is 0. The molecule has 0 aliphatic heterocycles. The highest BCUT2D eigenvalue weighted by atomic mass is 16.5. The minimum absolute atomic E-state index is 0.0465. The van der Waals surface area contributed by atoms with Crippen molar-refractivity contribution in [3.8, 4) is 0 Å². The lowest BCUT2D eigenvalue weighted by molar-refractivity contribution is -0.139. The van der Waals surface area contributed by atoms with Gasteiger partial charge in [-0.05, 0) is 6.42 Å². The Kier molecular flexibility index (Phi) is 22.4. The molecule has 0 amide bonds. The van der Waals surface area contributed by atoms with Crippen molar-refractivity contribution >= 4 is 17.9 Å². The molecule has 0 atom stereocenters. The third-order valence-corrected chi connectivity index (χ3v) is 1.29. The van der Waals surface area contributed by atoms with Crippen LogP contribution >= 0.6 is 0 Å². The highest BCUT2D eigenvalue weighted by molar-refractivity contribution is 5.81. The lowest BCUT2D eigenvalue weighted by atomic mass is 10.5. The number of carbonyl (C=O) groups is 3. The van der Waals surface area contributed by atoms with Crippen LogP contribution < -0.4 is 0 Å². The zero-order chi connectivity index (χ0) is 17.1. The molecular weight excluding hydrogens is 280 g/mol. The number of hydrogen-bond donors (Lipinski definition) is 2. The average Bonchev–Trinajstić information content (AvgIpc) is 2.51. The van der Waals surface area contributed by atoms with Crippen LogP contribution in [0, 0.1) is 0 Å². The molecule has 0 aliphatic carbocycles. The van der Waals surface area contributed by atoms with Gasteiger partial charge in [0.05, 0.1) is 13.2 Å². The normalized spacial score (nSPS) is 7.71. The minimum atomic E-state index is -0.981. The van der Waals surface area contributed by atoms with Crippen LogP contribution in [0.5, 0.6) is 0 Å². The van der Waals surface area contributed by atoms with E-state index in [4.69, 9.17) is 10.2 Å². The third kappa shape index (κ3) is 31.8. The van der Waals surface area contributed by atoms with Gasteiger partial charge in [0.1, 0.15) is 6.61 Å². The van der Waals surface area contributed by atoms with Crippen molar-refractivity contribution in [3.63, 3.8) is 0 Å². The lowest BCUT2D eigenvalue weighted by Crippen LogP contribution is -2.04. The van der Waals surface area contributed by atoms with Gasteiger partial charge in [-0.2, -0.15) is 0 Å². The predicted molar refractivity (Wildman–Crippen MR) is 77.5 cm³/mol. The molecule has 7 nitrogen and oxygen atoms in total. The summed E-state index contributed by atoms with van der Waals surface area (Å²) >= 11 is 0. The zero-order valence-electron chi connectivity index (χ0n) is 12.1. The molecule has 120 valence electrons. The first-order valence-corrected chi connectivity index (χ1v) is 5.94. The van der Waals surface area contributed by atoms with E-state index in [0.717, 1.165) is 24.6 Å². The highest BCUT2D eigenvalue weighted by Gasteiger charge is 1.90. The standard InChI is InChI=1S/C6H10O2.C5H8O3.C3H4O2/c1-3-5-8-6(7)4-2;1-2-5(7)8-4-3-6;1-2-3(4)5/h4H,2-3,5H2,1H3;2,6H,1,3-4H2;2H,1H2,(H,4,5). The van der Waals surface area contributed by atoms with Crippen LogP contribution in [-0.2, 0) is 23.9 Å². The van der Waals surface area contributed by atoms with Gasteiger partial charge in [0.25, 0.3) is 0 Å². The van der Waals surface area contributed by atoms with E-state index in [9.17, 15) is 14.4 Å². The van der Waals surface area contributed by atoms with Gasteiger partial charge in [-0.1, -0.05) is 26.7 Å². The summed E-state index contributed by atoms with van der Waals surface area (Å²) in [6.45, 7) is 11.7. The summed E-state index contributed by atoms with van der Waals surface area (Å²) in [5, 5.41) is 15.7. The Morgan fingerprint density at radius 1 is 0.952 bits per heavy atom. The fourth-order valence-electron chi connectivity index (χ4n) is 0.467. The number of carboxylic acids is 1. The Morgan fingerprint density at radius 2 is 1.33 bits per heavy atom. The lowest BCUT2D eigenvalue weighted by Gasteiger charge is -1.94. The molecule has 21 heavy (non-hydrogen) atoms. The van der Waals surface area contributed by atoms with Gasteiger partial charge in [-0.15, -0.1) is 0 Å². The molecule has 0 rings (SSSR count). The van der Waals surface area contributed by atoms with E-state index in [0.29, 0.717) is 6.61 Å². The topological polar surface area (TPSA) is 110 Å². The summed E-state index contributed by atoms with van der Waals surface area (Å²) in [6, 6.07) is 0. The van der Waals surface area contributed by atoms with E-state index in [1.807, 2.05) is 6.92 Å². The molecule has 0 heterocycles. The second kappa shape index (κ2) is 19.9. The first-order valence-electron chi connectivity index (χ1n) is 5.94. The van der Waals surface area contributed by atoms with E-state index in [2.05, 4.69) is 29.2 Å². The first-order chi connectivity index (χ1) is 9.89. The third-order valence-electron chi connectivity index (χ3n) is 1.29. The van der Waals surface area contributed by atoms with Crippen LogP contribution in [0.3, 0.4) is 0 Å². The van der Waals surface area contributed by atoms with Crippen molar-refractivity contribution in [2.24, 2.45) is 0 Å². The number of aliphatic carboxylic acids is 1. The van der Waals surface area contributed by atoms with Gasteiger partial charge >= 0.3 is 17.9 Å². The molecule has 0 radical (unpaired) electrons. The van der Waals surface area contributed by atoms with Crippen molar-refractivity contribution in [1.82, 2.24) is 0 Å². The van der Waals surface area contributed by atoms with Gasteiger partial charge in [0.2, 0.25) is 0 Å². The molecule has 0 spiro atoms. The van der Waals surface area contributed by atoms with Crippen molar-refractivity contribution in [2.45, 2.75) is 13.3 Å². The molecular formula is C14H22O7. The van der Waals surface area contributed by atoms with E-state index in [1.165, 1.54) is 0 Å². The maximum absolute atomic E-state index is 10.2. The van der Waals surface area contributed by atoms with Crippen LogP contribution in [0.2, 0.25) is 0 Å². The fraction of sp³-hybridized carbons (Fsp3) is 0.357. The number of carboxylic acid groups (broad SMARTS) is 1. The summed E-state index contributed by atoms with van der Waals surface area (Å²) < 4.78 is 8.92. The second-order valence-corrected chi connectivity index (χ2v) is 3.01. The number of aliphatic hydroxyl groups excluding tert-OH is 1. The van der Waals surface area contributed by atoms with Crippen LogP contribution in [-0.4, -0.2) is 47.9 Å². The molecule has 0 aromatic carbocycles. The zero-order valence-corrected chi connectivity index (χ0v) is 12.1. The number of aliphatic hydroxyl groups is 1. The molecule has 0 bridgehead atoms. The Bertz CT molecular complexity index is 310. The van der Waals surface area contributed by atoms with Gasteiger partial charge in [0.15, 0.2) is 0 Å². The summed E-state index contributed by atoms with van der Waals surface area (Å²) in [7, 11) is 0. The predicted octanol–water partition coefficient (Wildman–Crippen LogP) is 1.09. The maximum atomic E-state index is 10.2. The van der Waals surface area contributed by atoms with Gasteiger partial charge in [0, 0.05) is 18.2 Å². The quantitative estimate of drug-likeness (QED) is 0.535. The van der Waals surface area contributed by atoms with Crippen molar-refractivity contribution in [1.29, 1.82) is 0 Å². The average molecular weight is 302 g/mol. The van der Waals surface area contributed by atoms with Crippen LogP contribution in [0.1, 0.15) is 13.3 Å². The van der Waals surface area contributed by atoms with Gasteiger partial charge in [-0.25, -0.2) is 14.4 Å². The van der Waals surface area contributed by atoms with Gasteiger partial charge < -0.3 is 19.7 Å². The second-order valence-electron chi connectivity index (χ2n) is 3.01. The van der Waals surface area contributed by atoms with E-state index in [1.54, 1.807) is 0 Å². The molecule has 0 aliphatic rings. The van der Waals surface area contributed by atoms with Crippen LogP contribution in [0.25, 0.3) is 0 Å². The summed E-state index contributed by atoms with van der Waals surface area (Å²) in [5.74, 6) is -1.82. The largest absolute Gasteiger partial charge is 0.478 e. The van der Waals surface area contributed by atoms with Gasteiger partial charge in [-0.3, -0.25) is 0 Å². The van der Waals surface area contributed by atoms with Crippen LogP contribution in [0.4, 0.5) is 0 Å². The van der Waals surface area contributed by atoms with E-state index in [-0.39, 0.29) is 19.2 Å². The number of carbonyl (C=O) groups excluding carboxylic acids is 2. The van der Waals surface area contributed by atoms with Crippen molar-refractivity contribution < 1.29 is 34.1 Å². The Hall–Kier alpha value is -2.41. The Labute approximate surface area is 124 Å². The fourth-order valence-corrected chi connectivity index (χ4v) is 0.467. The monoisotopic (exact) mass is 302 g/mol. The van der Waals surface area contributed by atoms with Crippen molar-refractivity contribution in [3.05, 3.63) is 38.0 Å². The maximum Gasteiger partial charge on any atom is 0.330 e. The number of hydrogen-bond acceptors (Lipinski definition) is 6. The molecule has 0 aromatic heterocycles. The molecule has 7 heteroatoms. The molecule has 0 saturated carbocycles. The first kappa shape index (κ1) is 23.7. The smallest absolute Gasteiger partial charge is 0.330 e.